The van der Waals surface area contributed by atoms with Gasteiger partial charge in [0.2, 0.25) is 0 Å². The molecule has 1 aliphatic rings. The first-order valence-corrected chi connectivity index (χ1v) is 10.4. The predicted octanol–water partition coefficient (Wildman–Crippen LogP) is 8.39. The molecular weight excluding hydrogens is 340 g/mol. The van der Waals surface area contributed by atoms with E-state index in [2.05, 4.69) is 100 Å². The topological polar surface area (TPSA) is 9.23 Å². The highest BCUT2D eigenvalue weighted by molar-refractivity contribution is 5.99. The molecule has 1 heterocycles. The molecule has 0 N–H and O–H groups in total. The summed E-state index contributed by atoms with van der Waals surface area (Å²) in [6.45, 7) is 9.14. The van der Waals surface area contributed by atoms with E-state index in [-0.39, 0.29) is 0 Å². The highest BCUT2D eigenvalue weighted by Gasteiger charge is 2.20. The SMILES string of the molecule is CCC.CCC.c1ccc2c3c(ccc2c1)-c1ccc2ccccc2c1OC3. The molecule has 144 valence electrons. The molecule has 4 aromatic rings. The summed E-state index contributed by atoms with van der Waals surface area (Å²) >= 11 is 0. The van der Waals surface area contributed by atoms with Crippen molar-refractivity contribution in [2.24, 2.45) is 0 Å². The van der Waals surface area contributed by atoms with Gasteiger partial charge in [-0.15, -0.1) is 0 Å². The summed E-state index contributed by atoms with van der Waals surface area (Å²) in [7, 11) is 0. The molecule has 1 aliphatic heterocycles. The summed E-state index contributed by atoms with van der Waals surface area (Å²) in [6.07, 6.45) is 2.50. The van der Waals surface area contributed by atoms with Crippen molar-refractivity contribution in [3.8, 4) is 16.9 Å². The molecule has 4 aromatic carbocycles. The minimum atomic E-state index is 0.637. The Hall–Kier alpha value is -2.80. The molecule has 0 spiro atoms. The van der Waals surface area contributed by atoms with Crippen LogP contribution in [-0.4, -0.2) is 0 Å². The standard InChI is InChI=1S/C21H14O.2C3H8/c1-3-7-16-14(5-1)9-11-18-19-12-10-15-6-2-4-8-17(15)21(19)22-13-20(16)18;2*1-3-2/h1-12H,13H2;2*3H2,1-2H3. The van der Waals surface area contributed by atoms with Crippen LogP contribution in [0, 0.1) is 0 Å². The fourth-order valence-corrected chi connectivity index (χ4v) is 3.50. The fraction of sp³-hybridized carbons (Fsp3) is 0.259. The van der Waals surface area contributed by atoms with Crippen LogP contribution in [0.5, 0.6) is 5.75 Å². The van der Waals surface area contributed by atoms with Gasteiger partial charge in [0.25, 0.3) is 0 Å². The Morgan fingerprint density at radius 2 is 1.11 bits per heavy atom. The summed E-state index contributed by atoms with van der Waals surface area (Å²) < 4.78 is 6.17. The Bertz CT molecular complexity index is 975. The molecule has 28 heavy (non-hydrogen) atoms. The first-order valence-electron chi connectivity index (χ1n) is 10.4. The van der Waals surface area contributed by atoms with Crippen LogP contribution in [0.25, 0.3) is 32.7 Å². The molecule has 0 aliphatic carbocycles. The third-order valence-electron chi connectivity index (χ3n) is 4.57. The van der Waals surface area contributed by atoms with Crippen molar-refractivity contribution in [1.29, 1.82) is 0 Å². The van der Waals surface area contributed by atoms with Gasteiger partial charge in [-0.2, -0.15) is 0 Å². The number of ether oxygens (including phenoxy) is 1. The van der Waals surface area contributed by atoms with E-state index in [1.165, 1.54) is 51.1 Å². The lowest BCUT2D eigenvalue weighted by molar-refractivity contribution is 0.308. The van der Waals surface area contributed by atoms with Gasteiger partial charge < -0.3 is 4.74 Å². The van der Waals surface area contributed by atoms with E-state index in [0.717, 1.165) is 5.75 Å². The highest BCUT2D eigenvalue weighted by atomic mass is 16.5. The van der Waals surface area contributed by atoms with Gasteiger partial charge in [-0.1, -0.05) is 113 Å². The summed E-state index contributed by atoms with van der Waals surface area (Å²) in [5.74, 6) is 1.01. The first-order chi connectivity index (χ1) is 13.7. The Morgan fingerprint density at radius 3 is 1.75 bits per heavy atom. The van der Waals surface area contributed by atoms with E-state index in [9.17, 15) is 0 Å². The van der Waals surface area contributed by atoms with Gasteiger partial charge in [0, 0.05) is 16.5 Å². The van der Waals surface area contributed by atoms with Gasteiger partial charge in [0.15, 0.2) is 0 Å². The first kappa shape index (κ1) is 19.9. The van der Waals surface area contributed by atoms with Crippen molar-refractivity contribution in [3.05, 3.63) is 78.4 Å². The van der Waals surface area contributed by atoms with Crippen molar-refractivity contribution in [2.45, 2.75) is 47.1 Å². The maximum absolute atomic E-state index is 6.17. The van der Waals surface area contributed by atoms with Gasteiger partial charge in [-0.3, -0.25) is 0 Å². The Balaban J connectivity index is 0.000000337. The van der Waals surface area contributed by atoms with Gasteiger partial charge in [-0.25, -0.2) is 0 Å². The van der Waals surface area contributed by atoms with E-state index in [1.807, 2.05) is 0 Å². The Morgan fingerprint density at radius 1 is 0.607 bits per heavy atom. The molecule has 0 radical (unpaired) electrons. The maximum atomic E-state index is 6.17. The summed E-state index contributed by atoms with van der Waals surface area (Å²) in [6, 6.07) is 25.7. The van der Waals surface area contributed by atoms with Crippen molar-refractivity contribution in [2.75, 3.05) is 0 Å². The van der Waals surface area contributed by atoms with E-state index in [4.69, 9.17) is 4.74 Å². The number of hydrogen-bond donors (Lipinski definition) is 0. The second kappa shape index (κ2) is 9.41. The zero-order valence-electron chi connectivity index (χ0n) is 17.5. The smallest absolute Gasteiger partial charge is 0.135 e. The number of benzene rings is 4. The molecular formula is C27H30O. The second-order valence-electron chi connectivity index (χ2n) is 7.18. The molecule has 1 nitrogen and oxygen atoms in total. The summed E-state index contributed by atoms with van der Waals surface area (Å²) in [5.41, 5.74) is 3.79. The van der Waals surface area contributed by atoms with E-state index in [1.54, 1.807) is 0 Å². The molecule has 5 rings (SSSR count). The van der Waals surface area contributed by atoms with Crippen LogP contribution in [0.15, 0.2) is 72.8 Å². The minimum Gasteiger partial charge on any atom is -0.488 e. The monoisotopic (exact) mass is 370 g/mol. The normalized spacial score (nSPS) is 11.3. The fourth-order valence-electron chi connectivity index (χ4n) is 3.50. The van der Waals surface area contributed by atoms with E-state index >= 15 is 0 Å². The van der Waals surface area contributed by atoms with Crippen LogP contribution < -0.4 is 4.74 Å². The zero-order valence-corrected chi connectivity index (χ0v) is 17.5. The van der Waals surface area contributed by atoms with Crippen LogP contribution in [0.2, 0.25) is 0 Å². The summed E-state index contributed by atoms with van der Waals surface area (Å²) in [4.78, 5) is 0. The van der Waals surface area contributed by atoms with Gasteiger partial charge in [-0.05, 0) is 21.7 Å². The molecule has 1 heteroatoms. The quantitative estimate of drug-likeness (QED) is 0.302. The molecule has 0 aromatic heterocycles. The van der Waals surface area contributed by atoms with Crippen LogP contribution in [0.3, 0.4) is 0 Å². The zero-order chi connectivity index (χ0) is 19.9. The average Bonchev–Trinajstić information content (AvgIpc) is 2.74. The van der Waals surface area contributed by atoms with Crippen molar-refractivity contribution in [3.63, 3.8) is 0 Å². The summed E-state index contributed by atoms with van der Waals surface area (Å²) in [5, 5.41) is 4.98. The number of rotatable bonds is 0. The van der Waals surface area contributed by atoms with E-state index < -0.39 is 0 Å². The van der Waals surface area contributed by atoms with Crippen molar-refractivity contribution >= 4 is 21.5 Å². The molecule has 0 bridgehead atoms. The highest BCUT2D eigenvalue weighted by Crippen LogP contribution is 2.43. The Labute approximate surface area is 169 Å². The second-order valence-corrected chi connectivity index (χ2v) is 7.18. The molecule has 0 fully saturated rings. The number of hydrogen-bond acceptors (Lipinski definition) is 1. The molecule has 0 unspecified atom stereocenters. The van der Waals surface area contributed by atoms with Crippen molar-refractivity contribution < 1.29 is 4.74 Å². The maximum Gasteiger partial charge on any atom is 0.135 e. The van der Waals surface area contributed by atoms with Gasteiger partial charge in [0.05, 0.1) is 0 Å². The van der Waals surface area contributed by atoms with Crippen LogP contribution in [0.4, 0.5) is 0 Å². The third kappa shape index (κ3) is 3.89. The lowest BCUT2D eigenvalue weighted by Gasteiger charge is -2.23. The average molecular weight is 371 g/mol. The Kier molecular flexibility index (Phi) is 6.71. The lowest BCUT2D eigenvalue weighted by atomic mass is 9.91. The van der Waals surface area contributed by atoms with Gasteiger partial charge in [0.1, 0.15) is 12.4 Å². The molecule has 0 saturated heterocycles. The number of fused-ring (bicyclic) bond motifs is 7. The van der Waals surface area contributed by atoms with E-state index in [0.29, 0.717) is 6.61 Å². The lowest BCUT2D eigenvalue weighted by Crippen LogP contribution is -2.06. The van der Waals surface area contributed by atoms with Crippen LogP contribution >= 0.6 is 0 Å². The largest absolute Gasteiger partial charge is 0.488 e. The molecule has 0 atom stereocenters. The van der Waals surface area contributed by atoms with Crippen LogP contribution in [0.1, 0.15) is 46.1 Å². The van der Waals surface area contributed by atoms with Gasteiger partial charge >= 0.3 is 0 Å². The predicted molar refractivity (Wildman–Crippen MR) is 123 cm³/mol. The van der Waals surface area contributed by atoms with Crippen LogP contribution in [-0.2, 0) is 6.61 Å². The minimum absolute atomic E-state index is 0.637. The molecule has 0 saturated carbocycles. The third-order valence-corrected chi connectivity index (χ3v) is 4.57. The molecule has 0 amide bonds. The van der Waals surface area contributed by atoms with Crippen molar-refractivity contribution in [1.82, 2.24) is 0 Å².